The van der Waals surface area contributed by atoms with E-state index < -0.39 is 0 Å². The van der Waals surface area contributed by atoms with E-state index in [2.05, 4.69) is 55.3 Å². The molecule has 3 aliphatic rings. The van der Waals surface area contributed by atoms with Crippen LogP contribution >= 0.6 is 0 Å². The molecule has 4 heteroatoms. The van der Waals surface area contributed by atoms with Gasteiger partial charge in [-0.15, -0.1) is 0 Å². The number of carbonyl (C=O) groups is 1. The van der Waals surface area contributed by atoms with Gasteiger partial charge in [0.2, 0.25) is 0 Å². The third-order valence-corrected chi connectivity index (χ3v) is 5.84. The molecule has 1 aromatic carbocycles. The van der Waals surface area contributed by atoms with Crippen molar-refractivity contribution in [3.8, 4) is 11.3 Å². The van der Waals surface area contributed by atoms with Gasteiger partial charge in [0.1, 0.15) is 5.76 Å². The normalized spacial score (nSPS) is 25.3. The Balaban J connectivity index is 1.45. The predicted molar refractivity (Wildman–Crippen MR) is 103 cm³/mol. The summed E-state index contributed by atoms with van der Waals surface area (Å²) in [6, 6.07) is 12.3. The summed E-state index contributed by atoms with van der Waals surface area (Å²) in [5.41, 5.74) is 2.41. The molecule has 1 N–H and O–H groups in total. The van der Waals surface area contributed by atoms with Crippen LogP contribution < -0.4 is 5.32 Å². The SMILES string of the molecule is CC(C)(C)c1ccc(-c2ccc(C(=O)N[C@H]3CN4CCC3CC4)o2)cc1. The summed E-state index contributed by atoms with van der Waals surface area (Å²) in [6.07, 6.45) is 2.38. The van der Waals surface area contributed by atoms with Crippen LogP contribution in [0.25, 0.3) is 11.3 Å². The topological polar surface area (TPSA) is 45.5 Å². The Morgan fingerprint density at radius 1 is 1.08 bits per heavy atom. The minimum atomic E-state index is -0.0960. The molecule has 3 aliphatic heterocycles. The first-order valence-corrected chi connectivity index (χ1v) is 9.64. The molecular formula is C22H28N2O2. The smallest absolute Gasteiger partial charge is 0.287 e. The maximum absolute atomic E-state index is 12.6. The lowest BCUT2D eigenvalue weighted by molar-refractivity contribution is 0.0606. The fourth-order valence-electron chi connectivity index (χ4n) is 4.12. The molecule has 0 unspecified atom stereocenters. The van der Waals surface area contributed by atoms with E-state index in [1.165, 1.54) is 31.5 Å². The molecule has 2 aromatic rings. The number of nitrogens with zero attached hydrogens (tertiary/aromatic N) is 1. The largest absolute Gasteiger partial charge is 0.451 e. The molecular weight excluding hydrogens is 324 g/mol. The number of nitrogens with one attached hydrogen (secondary N) is 1. The summed E-state index contributed by atoms with van der Waals surface area (Å²) in [5.74, 6) is 1.66. The number of hydrogen-bond donors (Lipinski definition) is 1. The maximum Gasteiger partial charge on any atom is 0.287 e. The van der Waals surface area contributed by atoms with Gasteiger partial charge in [-0.25, -0.2) is 0 Å². The fraction of sp³-hybridized carbons (Fsp3) is 0.500. The third kappa shape index (κ3) is 3.43. The zero-order valence-corrected chi connectivity index (χ0v) is 15.9. The third-order valence-electron chi connectivity index (χ3n) is 5.84. The van der Waals surface area contributed by atoms with Crippen LogP contribution in [-0.4, -0.2) is 36.5 Å². The van der Waals surface area contributed by atoms with Gasteiger partial charge in [0, 0.05) is 18.2 Å². The van der Waals surface area contributed by atoms with Crippen molar-refractivity contribution in [1.82, 2.24) is 10.2 Å². The van der Waals surface area contributed by atoms with Crippen molar-refractivity contribution in [3.63, 3.8) is 0 Å². The average Bonchev–Trinajstić information content (AvgIpc) is 3.12. The van der Waals surface area contributed by atoms with Crippen molar-refractivity contribution in [2.24, 2.45) is 5.92 Å². The van der Waals surface area contributed by atoms with E-state index in [-0.39, 0.29) is 17.4 Å². The second-order valence-corrected chi connectivity index (χ2v) is 8.71. The van der Waals surface area contributed by atoms with Gasteiger partial charge in [-0.05, 0) is 55.0 Å². The summed E-state index contributed by atoms with van der Waals surface area (Å²) in [4.78, 5) is 15.0. The van der Waals surface area contributed by atoms with Crippen LogP contribution in [0, 0.1) is 5.92 Å². The number of fused-ring (bicyclic) bond motifs is 3. The molecule has 4 heterocycles. The van der Waals surface area contributed by atoms with E-state index in [1.807, 2.05) is 6.07 Å². The highest BCUT2D eigenvalue weighted by Gasteiger charge is 2.35. The summed E-state index contributed by atoms with van der Waals surface area (Å²) in [6.45, 7) is 9.92. The lowest BCUT2D eigenvalue weighted by atomic mass is 9.84. The van der Waals surface area contributed by atoms with Crippen LogP contribution in [0.15, 0.2) is 40.8 Å². The fourth-order valence-corrected chi connectivity index (χ4v) is 4.12. The Morgan fingerprint density at radius 3 is 2.35 bits per heavy atom. The van der Waals surface area contributed by atoms with Crippen LogP contribution in [0.4, 0.5) is 0 Å². The van der Waals surface area contributed by atoms with Crippen LogP contribution in [0.5, 0.6) is 0 Å². The second kappa shape index (κ2) is 6.58. The lowest BCUT2D eigenvalue weighted by Gasteiger charge is -2.44. The van der Waals surface area contributed by atoms with Crippen molar-refractivity contribution in [1.29, 1.82) is 0 Å². The number of amides is 1. The molecule has 1 amide bonds. The van der Waals surface area contributed by atoms with Crippen molar-refractivity contribution in [2.45, 2.75) is 45.1 Å². The highest BCUT2D eigenvalue weighted by molar-refractivity contribution is 5.92. The van der Waals surface area contributed by atoms with Crippen LogP contribution in [0.3, 0.4) is 0 Å². The van der Waals surface area contributed by atoms with E-state index in [1.54, 1.807) is 6.07 Å². The van der Waals surface area contributed by atoms with E-state index in [0.717, 1.165) is 17.9 Å². The second-order valence-electron chi connectivity index (χ2n) is 8.71. The molecule has 0 radical (unpaired) electrons. The van der Waals surface area contributed by atoms with Crippen LogP contribution in [-0.2, 0) is 5.41 Å². The van der Waals surface area contributed by atoms with Gasteiger partial charge in [0.15, 0.2) is 5.76 Å². The van der Waals surface area contributed by atoms with Gasteiger partial charge in [-0.1, -0.05) is 45.0 Å². The maximum atomic E-state index is 12.6. The predicted octanol–water partition coefficient (Wildman–Crippen LogP) is 4.07. The Labute approximate surface area is 155 Å². The van der Waals surface area contributed by atoms with E-state index >= 15 is 0 Å². The summed E-state index contributed by atoms with van der Waals surface area (Å²) >= 11 is 0. The van der Waals surface area contributed by atoms with Crippen molar-refractivity contribution in [3.05, 3.63) is 47.7 Å². The number of carbonyl (C=O) groups excluding carboxylic acids is 1. The Morgan fingerprint density at radius 2 is 1.77 bits per heavy atom. The minimum absolute atomic E-state index is 0.0960. The average molecular weight is 352 g/mol. The Hall–Kier alpha value is -2.07. The van der Waals surface area contributed by atoms with Gasteiger partial charge in [-0.3, -0.25) is 4.79 Å². The highest BCUT2D eigenvalue weighted by atomic mass is 16.3. The molecule has 1 aromatic heterocycles. The van der Waals surface area contributed by atoms with E-state index in [9.17, 15) is 4.79 Å². The highest BCUT2D eigenvalue weighted by Crippen LogP contribution is 2.29. The van der Waals surface area contributed by atoms with E-state index in [0.29, 0.717) is 11.7 Å². The molecule has 0 saturated carbocycles. The van der Waals surface area contributed by atoms with Crippen molar-refractivity contribution < 1.29 is 9.21 Å². The van der Waals surface area contributed by atoms with Crippen LogP contribution in [0.2, 0.25) is 0 Å². The molecule has 138 valence electrons. The standard InChI is InChI=1S/C22H28N2O2/c1-22(2,3)17-6-4-16(5-7-17)19-8-9-20(26-19)21(25)23-18-14-24-12-10-15(18)11-13-24/h4-9,15,18H,10-14H2,1-3H3,(H,23,25)/t18-/m0/s1. The lowest BCUT2D eigenvalue weighted by Crippen LogP contribution is -2.57. The molecule has 0 spiro atoms. The first-order chi connectivity index (χ1) is 12.4. The van der Waals surface area contributed by atoms with Gasteiger partial charge in [0.25, 0.3) is 5.91 Å². The van der Waals surface area contributed by atoms with Gasteiger partial charge in [0.05, 0.1) is 0 Å². The molecule has 4 nitrogen and oxygen atoms in total. The number of hydrogen-bond acceptors (Lipinski definition) is 3. The number of rotatable bonds is 3. The summed E-state index contributed by atoms with van der Waals surface area (Å²) in [7, 11) is 0. The number of benzene rings is 1. The summed E-state index contributed by atoms with van der Waals surface area (Å²) < 4.78 is 5.85. The quantitative estimate of drug-likeness (QED) is 0.906. The molecule has 3 saturated heterocycles. The first-order valence-electron chi connectivity index (χ1n) is 9.64. The molecule has 0 aliphatic carbocycles. The molecule has 2 bridgehead atoms. The van der Waals surface area contributed by atoms with Gasteiger partial charge < -0.3 is 14.6 Å². The van der Waals surface area contributed by atoms with Crippen LogP contribution in [0.1, 0.15) is 49.7 Å². The molecule has 26 heavy (non-hydrogen) atoms. The van der Waals surface area contributed by atoms with Gasteiger partial charge >= 0.3 is 0 Å². The Kier molecular flexibility index (Phi) is 4.39. The molecule has 1 atom stereocenters. The van der Waals surface area contributed by atoms with E-state index in [4.69, 9.17) is 4.42 Å². The summed E-state index contributed by atoms with van der Waals surface area (Å²) in [5, 5.41) is 3.19. The van der Waals surface area contributed by atoms with Gasteiger partial charge in [-0.2, -0.15) is 0 Å². The zero-order chi connectivity index (χ0) is 18.3. The minimum Gasteiger partial charge on any atom is -0.451 e. The first kappa shape index (κ1) is 17.3. The number of piperidine rings is 3. The molecule has 5 rings (SSSR count). The number of furan rings is 1. The zero-order valence-electron chi connectivity index (χ0n) is 15.9. The molecule has 3 fully saturated rings. The Bertz CT molecular complexity index is 777. The van der Waals surface area contributed by atoms with Crippen molar-refractivity contribution in [2.75, 3.05) is 19.6 Å². The monoisotopic (exact) mass is 352 g/mol. The van der Waals surface area contributed by atoms with Crippen molar-refractivity contribution >= 4 is 5.91 Å².